The van der Waals surface area contributed by atoms with Crippen LogP contribution in [0.5, 0.6) is 0 Å². The van der Waals surface area contributed by atoms with E-state index < -0.39 is 28.0 Å². The summed E-state index contributed by atoms with van der Waals surface area (Å²) in [4.78, 5) is 12.1. The van der Waals surface area contributed by atoms with Crippen LogP contribution in [-0.4, -0.2) is 33.1 Å². The molecule has 0 spiro atoms. The van der Waals surface area contributed by atoms with Crippen molar-refractivity contribution in [3.05, 3.63) is 65.7 Å². The van der Waals surface area contributed by atoms with E-state index >= 15 is 0 Å². The summed E-state index contributed by atoms with van der Waals surface area (Å²) in [6.45, 7) is 1.58. The molecule has 25 heavy (non-hydrogen) atoms. The molecule has 2 rings (SSSR count). The first kappa shape index (κ1) is 19.1. The quantitative estimate of drug-likeness (QED) is 0.732. The monoisotopic (exact) mass is 363 g/mol. The number of methoxy groups -OCH3 is 1. The number of benzene rings is 2. The van der Waals surface area contributed by atoms with Crippen molar-refractivity contribution in [3.63, 3.8) is 0 Å². The highest BCUT2D eigenvalue weighted by Crippen LogP contribution is 2.23. The van der Waals surface area contributed by atoms with Crippen LogP contribution in [0.2, 0.25) is 0 Å². The highest BCUT2D eigenvalue weighted by Gasteiger charge is 2.30. The average molecular weight is 363 g/mol. The van der Waals surface area contributed by atoms with Crippen LogP contribution < -0.4 is 4.72 Å². The van der Waals surface area contributed by atoms with Crippen molar-refractivity contribution in [2.45, 2.75) is 17.9 Å². The van der Waals surface area contributed by atoms with Crippen molar-refractivity contribution in [1.82, 2.24) is 4.72 Å². The topological polar surface area (TPSA) is 92.7 Å². The predicted molar refractivity (Wildman–Crippen MR) is 93.3 cm³/mol. The first-order chi connectivity index (χ1) is 11.8. The van der Waals surface area contributed by atoms with Crippen molar-refractivity contribution >= 4 is 16.0 Å². The van der Waals surface area contributed by atoms with Gasteiger partial charge in [-0.3, -0.25) is 4.79 Å². The van der Waals surface area contributed by atoms with Gasteiger partial charge < -0.3 is 9.84 Å². The minimum atomic E-state index is -3.80. The van der Waals surface area contributed by atoms with Crippen molar-refractivity contribution in [2.24, 2.45) is 5.92 Å². The molecule has 0 aliphatic carbocycles. The normalized spacial score (nSPS) is 13.9. The predicted octanol–water partition coefficient (Wildman–Crippen LogP) is 1.80. The van der Waals surface area contributed by atoms with Crippen molar-refractivity contribution in [1.29, 1.82) is 0 Å². The second-order valence-corrected chi connectivity index (χ2v) is 7.42. The molecule has 0 heterocycles. The number of carbonyl (C=O) groups excluding carboxylic acids is 1. The summed E-state index contributed by atoms with van der Waals surface area (Å²) in [6.07, 6.45) is -1.19. The van der Waals surface area contributed by atoms with Crippen molar-refractivity contribution in [3.8, 4) is 0 Å². The number of carbonyl (C=O) groups is 1. The lowest BCUT2D eigenvalue weighted by atomic mass is 9.96. The van der Waals surface area contributed by atoms with Gasteiger partial charge in [-0.15, -0.1) is 0 Å². The summed E-state index contributed by atoms with van der Waals surface area (Å²) in [6, 6.07) is 14.9. The molecular weight excluding hydrogens is 342 g/mol. The van der Waals surface area contributed by atoms with Crippen LogP contribution in [0, 0.1) is 12.8 Å². The van der Waals surface area contributed by atoms with Crippen LogP contribution in [0.4, 0.5) is 0 Å². The lowest BCUT2D eigenvalue weighted by Crippen LogP contribution is -2.37. The lowest BCUT2D eigenvalue weighted by molar-refractivity contribution is -0.149. The van der Waals surface area contributed by atoms with Gasteiger partial charge in [0, 0.05) is 6.54 Å². The summed E-state index contributed by atoms with van der Waals surface area (Å²) in [5.74, 6) is -1.75. The van der Waals surface area contributed by atoms with Crippen LogP contribution >= 0.6 is 0 Å². The maximum absolute atomic E-state index is 12.4. The number of rotatable bonds is 7. The number of aliphatic hydroxyl groups is 1. The van der Waals surface area contributed by atoms with Gasteiger partial charge in [0.05, 0.1) is 18.1 Å². The Bertz CT molecular complexity index is 803. The van der Waals surface area contributed by atoms with E-state index in [1.807, 2.05) is 6.92 Å². The number of hydrogen-bond acceptors (Lipinski definition) is 5. The second kappa shape index (κ2) is 8.24. The van der Waals surface area contributed by atoms with Crippen LogP contribution in [0.3, 0.4) is 0 Å². The van der Waals surface area contributed by atoms with Gasteiger partial charge in [-0.25, -0.2) is 13.1 Å². The van der Waals surface area contributed by atoms with Crippen molar-refractivity contribution < 1.29 is 23.1 Å². The van der Waals surface area contributed by atoms with E-state index in [9.17, 15) is 18.3 Å². The molecule has 0 aliphatic rings. The third-order valence-electron chi connectivity index (χ3n) is 3.85. The Balaban J connectivity index is 2.17. The highest BCUT2D eigenvalue weighted by atomic mass is 32.2. The summed E-state index contributed by atoms with van der Waals surface area (Å²) >= 11 is 0. The standard InChI is InChI=1S/C18H21NO5S/c1-13-8-10-15(11-9-13)25(22,23)19-12-16(18(21)24-2)17(20)14-6-4-3-5-7-14/h3-11,16-17,19-20H,12H2,1-2H3/t16-,17-/m0/s1. The molecule has 2 aromatic rings. The lowest BCUT2D eigenvalue weighted by Gasteiger charge is -2.21. The number of ether oxygens (including phenoxy) is 1. The van der Waals surface area contributed by atoms with Crippen LogP contribution in [-0.2, 0) is 19.6 Å². The number of aryl methyl sites for hydroxylation is 1. The largest absolute Gasteiger partial charge is 0.469 e. The van der Waals surface area contributed by atoms with Gasteiger partial charge in [0.2, 0.25) is 10.0 Å². The second-order valence-electron chi connectivity index (χ2n) is 5.65. The molecule has 0 radical (unpaired) electrons. The molecule has 2 aromatic carbocycles. The maximum atomic E-state index is 12.4. The summed E-state index contributed by atoms with van der Waals surface area (Å²) in [5, 5.41) is 10.4. The Morgan fingerprint density at radius 3 is 2.28 bits per heavy atom. The van der Waals surface area contributed by atoms with Gasteiger partial charge in [-0.1, -0.05) is 48.0 Å². The first-order valence-corrected chi connectivity index (χ1v) is 9.20. The molecule has 2 N–H and O–H groups in total. The molecule has 0 saturated carbocycles. The molecule has 2 atom stereocenters. The van der Waals surface area contributed by atoms with Crippen LogP contribution in [0.15, 0.2) is 59.5 Å². The third-order valence-corrected chi connectivity index (χ3v) is 5.29. The van der Waals surface area contributed by atoms with Gasteiger partial charge in [-0.2, -0.15) is 0 Å². The summed E-state index contributed by atoms with van der Waals surface area (Å²) < 4.78 is 31.8. The average Bonchev–Trinajstić information content (AvgIpc) is 2.62. The Morgan fingerprint density at radius 1 is 1.12 bits per heavy atom. The van der Waals surface area contributed by atoms with E-state index in [0.717, 1.165) is 5.56 Å². The molecule has 0 aliphatic heterocycles. The minimum Gasteiger partial charge on any atom is -0.469 e. The molecule has 134 valence electrons. The van der Waals surface area contributed by atoms with E-state index in [1.165, 1.54) is 19.2 Å². The summed E-state index contributed by atoms with van der Waals surface area (Å²) in [7, 11) is -2.60. The zero-order chi connectivity index (χ0) is 18.4. The number of nitrogens with one attached hydrogen (secondary N) is 1. The van der Waals surface area contributed by atoms with Gasteiger partial charge in [0.25, 0.3) is 0 Å². The molecule has 6 nitrogen and oxygen atoms in total. The minimum absolute atomic E-state index is 0.0934. The van der Waals surface area contributed by atoms with E-state index in [4.69, 9.17) is 4.74 Å². The highest BCUT2D eigenvalue weighted by molar-refractivity contribution is 7.89. The Kier molecular flexibility index (Phi) is 6.30. The van der Waals surface area contributed by atoms with Gasteiger partial charge in [0.1, 0.15) is 5.92 Å². The van der Waals surface area contributed by atoms with E-state index in [0.29, 0.717) is 5.56 Å². The number of hydrogen-bond donors (Lipinski definition) is 2. The fourth-order valence-electron chi connectivity index (χ4n) is 2.36. The molecule has 7 heteroatoms. The van der Waals surface area contributed by atoms with Gasteiger partial charge in [0.15, 0.2) is 0 Å². The fourth-order valence-corrected chi connectivity index (χ4v) is 3.42. The SMILES string of the molecule is COC(=O)[C@@H](CNS(=O)(=O)c1ccc(C)cc1)[C@@H](O)c1ccccc1. The van der Waals surface area contributed by atoms with Crippen molar-refractivity contribution in [2.75, 3.05) is 13.7 Å². The molecule has 0 saturated heterocycles. The Morgan fingerprint density at radius 2 is 1.72 bits per heavy atom. The number of sulfonamides is 1. The first-order valence-electron chi connectivity index (χ1n) is 7.72. The summed E-state index contributed by atoms with van der Waals surface area (Å²) in [5.41, 5.74) is 1.44. The molecule has 0 aromatic heterocycles. The number of aliphatic hydroxyl groups excluding tert-OH is 1. The van der Waals surface area contributed by atoms with E-state index in [2.05, 4.69) is 4.72 Å². The van der Waals surface area contributed by atoms with E-state index in [-0.39, 0.29) is 11.4 Å². The zero-order valence-electron chi connectivity index (χ0n) is 14.0. The van der Waals surface area contributed by atoms with Crippen LogP contribution in [0.25, 0.3) is 0 Å². The Hall–Kier alpha value is -2.22. The third kappa shape index (κ3) is 4.88. The van der Waals surface area contributed by atoms with E-state index in [1.54, 1.807) is 42.5 Å². The maximum Gasteiger partial charge on any atom is 0.313 e. The Labute approximate surface area is 147 Å². The molecule has 0 fully saturated rings. The molecule has 0 unspecified atom stereocenters. The van der Waals surface area contributed by atoms with Gasteiger partial charge in [-0.05, 0) is 24.6 Å². The van der Waals surface area contributed by atoms with Gasteiger partial charge >= 0.3 is 5.97 Å². The smallest absolute Gasteiger partial charge is 0.313 e. The molecule has 0 amide bonds. The zero-order valence-corrected chi connectivity index (χ0v) is 14.9. The van der Waals surface area contributed by atoms with Crippen LogP contribution in [0.1, 0.15) is 17.2 Å². The number of esters is 1. The molecular formula is C18H21NO5S. The molecule has 0 bridgehead atoms. The fraction of sp³-hybridized carbons (Fsp3) is 0.278.